The highest BCUT2D eigenvalue weighted by Crippen LogP contribution is 2.28. The Bertz CT molecular complexity index is 737. The van der Waals surface area contributed by atoms with Crippen LogP contribution in [-0.2, 0) is 13.0 Å². The second-order valence-electron chi connectivity index (χ2n) is 5.38. The molecule has 0 aliphatic carbocycles. The molecule has 0 aromatic heterocycles. The summed E-state index contributed by atoms with van der Waals surface area (Å²) in [6, 6.07) is 23.2. The zero-order chi connectivity index (χ0) is 15.2. The Morgan fingerprint density at radius 1 is 0.818 bits per heavy atom. The third-order valence-corrected chi connectivity index (χ3v) is 3.94. The molecule has 1 N–H and O–H groups in total. The third kappa shape index (κ3) is 3.29. The maximum absolute atomic E-state index is 5.45. The lowest BCUT2D eigenvalue weighted by atomic mass is 10.0. The molecular formula is C20H21NO. The van der Waals surface area contributed by atoms with Crippen molar-refractivity contribution < 1.29 is 4.74 Å². The SMILES string of the molecule is COc1ccc(CCNCc2ccccc2)c2ccccc12. The highest BCUT2D eigenvalue weighted by atomic mass is 16.5. The van der Waals surface area contributed by atoms with E-state index >= 15 is 0 Å². The minimum absolute atomic E-state index is 0.912. The lowest BCUT2D eigenvalue weighted by molar-refractivity contribution is 0.419. The van der Waals surface area contributed by atoms with E-state index in [0.29, 0.717) is 0 Å². The van der Waals surface area contributed by atoms with Crippen molar-refractivity contribution in [2.75, 3.05) is 13.7 Å². The molecule has 0 fully saturated rings. The Balaban J connectivity index is 1.67. The van der Waals surface area contributed by atoms with Gasteiger partial charge in [-0.25, -0.2) is 0 Å². The van der Waals surface area contributed by atoms with Crippen molar-refractivity contribution >= 4 is 10.8 Å². The van der Waals surface area contributed by atoms with Crippen molar-refractivity contribution in [1.29, 1.82) is 0 Å². The molecule has 0 atom stereocenters. The van der Waals surface area contributed by atoms with Gasteiger partial charge in [0.1, 0.15) is 5.75 Å². The molecule has 0 amide bonds. The first-order chi connectivity index (χ1) is 10.9. The fourth-order valence-electron chi connectivity index (χ4n) is 2.78. The van der Waals surface area contributed by atoms with E-state index in [4.69, 9.17) is 4.74 Å². The Kier molecular flexibility index (Phi) is 4.71. The topological polar surface area (TPSA) is 21.3 Å². The normalized spacial score (nSPS) is 10.8. The van der Waals surface area contributed by atoms with Crippen LogP contribution in [0.4, 0.5) is 0 Å². The third-order valence-electron chi connectivity index (χ3n) is 3.94. The molecule has 0 spiro atoms. The fourth-order valence-corrected chi connectivity index (χ4v) is 2.78. The first-order valence-corrected chi connectivity index (χ1v) is 7.68. The predicted octanol–water partition coefficient (Wildman–Crippen LogP) is 4.18. The van der Waals surface area contributed by atoms with Gasteiger partial charge in [0.15, 0.2) is 0 Å². The first-order valence-electron chi connectivity index (χ1n) is 7.68. The summed E-state index contributed by atoms with van der Waals surface area (Å²) in [4.78, 5) is 0. The number of hydrogen-bond donors (Lipinski definition) is 1. The van der Waals surface area contributed by atoms with Crippen LogP contribution >= 0.6 is 0 Å². The van der Waals surface area contributed by atoms with Crippen LogP contribution in [0.1, 0.15) is 11.1 Å². The number of ether oxygens (including phenoxy) is 1. The van der Waals surface area contributed by atoms with Gasteiger partial charge in [-0.1, -0.05) is 60.7 Å². The van der Waals surface area contributed by atoms with Gasteiger partial charge in [0.05, 0.1) is 7.11 Å². The molecular weight excluding hydrogens is 270 g/mol. The van der Waals surface area contributed by atoms with Crippen molar-refractivity contribution in [2.24, 2.45) is 0 Å². The Hall–Kier alpha value is -2.32. The molecule has 3 rings (SSSR count). The Morgan fingerprint density at radius 3 is 2.32 bits per heavy atom. The van der Waals surface area contributed by atoms with Gasteiger partial charge in [0.2, 0.25) is 0 Å². The second-order valence-corrected chi connectivity index (χ2v) is 5.38. The highest BCUT2D eigenvalue weighted by Gasteiger charge is 2.05. The molecule has 0 heterocycles. The number of methoxy groups -OCH3 is 1. The van der Waals surface area contributed by atoms with Gasteiger partial charge < -0.3 is 10.1 Å². The van der Waals surface area contributed by atoms with Gasteiger partial charge in [-0.05, 0) is 35.5 Å². The first kappa shape index (κ1) is 14.6. The van der Waals surface area contributed by atoms with E-state index in [1.165, 1.54) is 21.9 Å². The van der Waals surface area contributed by atoms with Gasteiger partial charge in [-0.15, -0.1) is 0 Å². The number of rotatable bonds is 6. The lowest BCUT2D eigenvalue weighted by Gasteiger charge is -2.11. The standard InChI is InChI=1S/C20H21NO/c1-22-20-12-11-17(18-9-5-6-10-19(18)20)13-14-21-15-16-7-3-2-4-8-16/h2-12,21H,13-15H2,1H3. The van der Waals surface area contributed by atoms with Crippen molar-refractivity contribution in [3.05, 3.63) is 77.9 Å². The molecule has 0 aliphatic rings. The van der Waals surface area contributed by atoms with Gasteiger partial charge >= 0.3 is 0 Å². The Morgan fingerprint density at radius 2 is 1.55 bits per heavy atom. The minimum Gasteiger partial charge on any atom is -0.496 e. The maximum Gasteiger partial charge on any atom is 0.126 e. The number of benzene rings is 3. The van der Waals surface area contributed by atoms with E-state index in [2.05, 4.69) is 66.0 Å². The van der Waals surface area contributed by atoms with Crippen molar-refractivity contribution in [3.8, 4) is 5.75 Å². The molecule has 0 unspecified atom stereocenters. The summed E-state index contributed by atoms with van der Waals surface area (Å²) < 4.78 is 5.45. The fraction of sp³-hybridized carbons (Fsp3) is 0.200. The van der Waals surface area contributed by atoms with Crippen LogP contribution in [0.25, 0.3) is 10.8 Å². The van der Waals surface area contributed by atoms with Crippen LogP contribution in [-0.4, -0.2) is 13.7 Å². The van der Waals surface area contributed by atoms with Crippen LogP contribution in [0.2, 0.25) is 0 Å². The zero-order valence-electron chi connectivity index (χ0n) is 12.9. The Labute approximate surface area is 131 Å². The van der Waals surface area contributed by atoms with Crippen LogP contribution in [0.3, 0.4) is 0 Å². The smallest absolute Gasteiger partial charge is 0.126 e. The summed E-state index contributed by atoms with van der Waals surface area (Å²) in [7, 11) is 1.73. The van der Waals surface area contributed by atoms with Crippen LogP contribution in [0.5, 0.6) is 5.75 Å². The molecule has 2 heteroatoms. The quantitative estimate of drug-likeness (QED) is 0.688. The lowest BCUT2D eigenvalue weighted by Crippen LogP contribution is -2.16. The summed E-state index contributed by atoms with van der Waals surface area (Å²) in [5.41, 5.74) is 2.68. The van der Waals surface area contributed by atoms with Crippen molar-refractivity contribution in [2.45, 2.75) is 13.0 Å². The molecule has 0 radical (unpaired) electrons. The molecule has 22 heavy (non-hydrogen) atoms. The monoisotopic (exact) mass is 291 g/mol. The molecule has 0 saturated carbocycles. The van der Waals surface area contributed by atoms with Crippen molar-refractivity contribution in [3.63, 3.8) is 0 Å². The second kappa shape index (κ2) is 7.10. The number of fused-ring (bicyclic) bond motifs is 1. The molecule has 3 aromatic rings. The highest BCUT2D eigenvalue weighted by molar-refractivity contribution is 5.91. The molecule has 112 valence electrons. The maximum atomic E-state index is 5.45. The molecule has 2 nitrogen and oxygen atoms in total. The number of hydrogen-bond acceptors (Lipinski definition) is 2. The van der Waals surface area contributed by atoms with Gasteiger partial charge in [0.25, 0.3) is 0 Å². The van der Waals surface area contributed by atoms with Gasteiger partial charge in [-0.2, -0.15) is 0 Å². The van der Waals surface area contributed by atoms with Gasteiger partial charge in [-0.3, -0.25) is 0 Å². The van der Waals surface area contributed by atoms with E-state index in [9.17, 15) is 0 Å². The largest absolute Gasteiger partial charge is 0.496 e. The molecule has 0 aliphatic heterocycles. The van der Waals surface area contributed by atoms with Crippen LogP contribution in [0.15, 0.2) is 66.7 Å². The minimum atomic E-state index is 0.912. The van der Waals surface area contributed by atoms with E-state index in [1.54, 1.807) is 7.11 Å². The van der Waals surface area contributed by atoms with Gasteiger partial charge in [0, 0.05) is 11.9 Å². The summed E-state index contributed by atoms with van der Waals surface area (Å²) in [6.07, 6.45) is 1.01. The zero-order valence-corrected chi connectivity index (χ0v) is 12.9. The van der Waals surface area contributed by atoms with Crippen molar-refractivity contribution in [1.82, 2.24) is 5.32 Å². The van der Waals surface area contributed by atoms with E-state index in [1.807, 2.05) is 6.07 Å². The summed E-state index contributed by atoms with van der Waals surface area (Å²) >= 11 is 0. The molecule has 3 aromatic carbocycles. The average molecular weight is 291 g/mol. The molecule has 0 bridgehead atoms. The van der Waals surface area contributed by atoms with E-state index in [0.717, 1.165) is 25.3 Å². The van der Waals surface area contributed by atoms with E-state index in [-0.39, 0.29) is 0 Å². The predicted molar refractivity (Wildman–Crippen MR) is 92.4 cm³/mol. The summed E-state index contributed by atoms with van der Waals surface area (Å²) in [6.45, 7) is 1.88. The van der Waals surface area contributed by atoms with Crippen LogP contribution in [0, 0.1) is 0 Å². The summed E-state index contributed by atoms with van der Waals surface area (Å²) in [5.74, 6) is 0.941. The van der Waals surface area contributed by atoms with E-state index < -0.39 is 0 Å². The average Bonchev–Trinajstić information content (AvgIpc) is 2.59. The molecule has 0 saturated heterocycles. The number of nitrogens with one attached hydrogen (secondary N) is 1. The van der Waals surface area contributed by atoms with Crippen LogP contribution < -0.4 is 10.1 Å². The summed E-state index contributed by atoms with van der Waals surface area (Å²) in [5, 5.41) is 5.98.